The maximum absolute atomic E-state index is 13.5. The molecule has 0 bridgehead atoms. The van der Waals surface area contributed by atoms with Gasteiger partial charge in [0.15, 0.2) is 5.58 Å². The average molecular weight is 531 g/mol. The number of aryl methyl sites for hydroxylation is 1. The van der Waals surface area contributed by atoms with Gasteiger partial charge in [0.25, 0.3) is 5.91 Å². The number of anilines is 2. The van der Waals surface area contributed by atoms with Crippen molar-refractivity contribution < 1.29 is 18.7 Å². The zero-order chi connectivity index (χ0) is 26.8. The van der Waals surface area contributed by atoms with Crippen molar-refractivity contribution in [2.75, 3.05) is 17.7 Å². The van der Waals surface area contributed by atoms with Gasteiger partial charge in [0.2, 0.25) is 5.96 Å². The Morgan fingerprint density at radius 3 is 2.68 bits per heavy atom. The first-order valence-corrected chi connectivity index (χ1v) is 12.0. The smallest absolute Gasteiger partial charge is 0.338 e. The molecule has 2 aromatic heterocycles. The van der Waals surface area contributed by atoms with Crippen LogP contribution >= 0.6 is 11.6 Å². The maximum atomic E-state index is 13.5. The second-order valence-electron chi connectivity index (χ2n) is 8.51. The van der Waals surface area contributed by atoms with E-state index < -0.39 is 17.9 Å². The van der Waals surface area contributed by atoms with Crippen LogP contribution in [-0.4, -0.2) is 34.9 Å². The number of benzene rings is 2. The number of oxazole rings is 1. The molecule has 1 aliphatic rings. The van der Waals surface area contributed by atoms with Crippen molar-refractivity contribution in [1.82, 2.24) is 15.3 Å². The van der Waals surface area contributed by atoms with Gasteiger partial charge in [0.1, 0.15) is 17.4 Å². The number of carbonyl (C=O) groups excluding carboxylic acids is 2. The SMILES string of the molecule is COC(=O)c1ccnc(NC(=O)C2=C(C)NC(Nc3nc4c(C)cccc4o3)=NC2c2ccccc2Cl)c1. The molecule has 1 aliphatic heterocycles. The van der Waals surface area contributed by atoms with Crippen molar-refractivity contribution in [3.8, 4) is 0 Å². The number of allylic oxidation sites excluding steroid dienone is 1. The standard InChI is InChI=1S/C27H23ClN6O4/c1-14-7-6-10-19-22(14)33-27(38-19)34-26-30-15(2)21(23(32-26)17-8-4-5-9-18(17)28)24(35)31-20-13-16(11-12-29-20)25(36)37-3/h4-13,23H,1-3H3,(H,29,31,35)(H2,30,32,33,34). The summed E-state index contributed by atoms with van der Waals surface area (Å²) in [6.07, 6.45) is 1.41. The quantitative estimate of drug-likeness (QED) is 0.307. The zero-order valence-electron chi connectivity index (χ0n) is 20.7. The number of aromatic nitrogens is 2. The molecule has 38 heavy (non-hydrogen) atoms. The maximum Gasteiger partial charge on any atom is 0.338 e. The topological polar surface area (TPSA) is 131 Å². The normalized spacial score (nSPS) is 15.1. The molecule has 0 radical (unpaired) electrons. The van der Waals surface area contributed by atoms with Crippen LogP contribution in [0, 0.1) is 6.92 Å². The molecule has 0 fully saturated rings. The molecule has 11 heteroatoms. The highest BCUT2D eigenvalue weighted by Gasteiger charge is 2.31. The van der Waals surface area contributed by atoms with E-state index in [-0.39, 0.29) is 17.4 Å². The number of fused-ring (bicyclic) bond motifs is 1. The Hall–Kier alpha value is -4.70. The van der Waals surface area contributed by atoms with Crippen molar-refractivity contribution >= 4 is 52.4 Å². The van der Waals surface area contributed by atoms with Gasteiger partial charge < -0.3 is 19.8 Å². The van der Waals surface area contributed by atoms with Gasteiger partial charge >= 0.3 is 12.0 Å². The average Bonchev–Trinajstić information content (AvgIpc) is 3.32. The van der Waals surface area contributed by atoms with E-state index in [2.05, 4.69) is 25.9 Å². The van der Waals surface area contributed by atoms with Crippen LogP contribution in [0.3, 0.4) is 0 Å². The number of aliphatic imine (C=N–C) groups is 1. The van der Waals surface area contributed by atoms with Gasteiger partial charge in [-0.15, -0.1) is 0 Å². The summed E-state index contributed by atoms with van der Waals surface area (Å²) in [4.78, 5) is 38.8. The van der Waals surface area contributed by atoms with Gasteiger partial charge in [0.05, 0.1) is 18.2 Å². The lowest BCUT2D eigenvalue weighted by Crippen LogP contribution is -2.37. The molecule has 2 aromatic carbocycles. The van der Waals surface area contributed by atoms with Gasteiger partial charge in [-0.25, -0.2) is 14.8 Å². The van der Waals surface area contributed by atoms with Crippen LogP contribution in [-0.2, 0) is 9.53 Å². The van der Waals surface area contributed by atoms with Crippen LogP contribution in [0.4, 0.5) is 11.8 Å². The van der Waals surface area contributed by atoms with E-state index in [9.17, 15) is 9.59 Å². The second kappa shape index (κ2) is 10.3. The molecule has 1 amide bonds. The predicted molar refractivity (Wildman–Crippen MR) is 144 cm³/mol. The van der Waals surface area contributed by atoms with Crippen LogP contribution in [0.1, 0.15) is 34.5 Å². The summed E-state index contributed by atoms with van der Waals surface area (Å²) in [6, 6.07) is 15.3. The Kier molecular flexibility index (Phi) is 6.80. The number of amides is 1. The molecule has 5 rings (SSSR count). The first-order chi connectivity index (χ1) is 18.3. The molecule has 0 saturated carbocycles. The molecule has 10 nitrogen and oxygen atoms in total. The molecule has 3 heterocycles. The van der Waals surface area contributed by atoms with Crippen LogP contribution < -0.4 is 16.0 Å². The van der Waals surface area contributed by atoms with Crippen LogP contribution in [0.15, 0.2) is 81.5 Å². The molecular weight excluding hydrogens is 508 g/mol. The number of para-hydroxylation sites is 1. The minimum Gasteiger partial charge on any atom is -0.465 e. The van der Waals surface area contributed by atoms with E-state index >= 15 is 0 Å². The Labute approximate surface area is 222 Å². The predicted octanol–water partition coefficient (Wildman–Crippen LogP) is 5.00. The van der Waals surface area contributed by atoms with E-state index in [4.69, 9.17) is 25.7 Å². The lowest BCUT2D eigenvalue weighted by atomic mass is 9.95. The minimum atomic E-state index is -0.762. The summed E-state index contributed by atoms with van der Waals surface area (Å²) in [5.74, 6) is -0.485. The van der Waals surface area contributed by atoms with Crippen molar-refractivity contribution in [3.05, 3.63) is 93.8 Å². The van der Waals surface area contributed by atoms with Gasteiger partial charge in [0, 0.05) is 22.5 Å². The van der Waals surface area contributed by atoms with Crippen LogP contribution in [0.2, 0.25) is 5.02 Å². The summed E-state index contributed by atoms with van der Waals surface area (Å²) in [5, 5.41) is 9.39. The number of ether oxygens (including phenoxy) is 1. The van der Waals surface area contributed by atoms with Gasteiger partial charge in [-0.3, -0.25) is 10.1 Å². The molecule has 0 saturated heterocycles. The Bertz CT molecular complexity index is 1630. The minimum absolute atomic E-state index is 0.186. The Morgan fingerprint density at radius 2 is 1.92 bits per heavy atom. The summed E-state index contributed by atoms with van der Waals surface area (Å²) < 4.78 is 10.6. The van der Waals surface area contributed by atoms with Crippen molar-refractivity contribution in [3.63, 3.8) is 0 Å². The number of hydrogen-bond acceptors (Lipinski definition) is 9. The summed E-state index contributed by atoms with van der Waals surface area (Å²) in [5.41, 5.74) is 4.09. The molecule has 4 aromatic rings. The van der Waals surface area contributed by atoms with E-state index in [0.29, 0.717) is 33.4 Å². The van der Waals surface area contributed by atoms with Crippen LogP contribution in [0.25, 0.3) is 11.1 Å². The largest absolute Gasteiger partial charge is 0.465 e. The fourth-order valence-electron chi connectivity index (χ4n) is 4.12. The molecule has 192 valence electrons. The third kappa shape index (κ3) is 4.94. The third-order valence-corrected chi connectivity index (χ3v) is 6.30. The lowest BCUT2D eigenvalue weighted by Gasteiger charge is -2.26. The number of methoxy groups -OCH3 is 1. The molecule has 1 unspecified atom stereocenters. The van der Waals surface area contributed by atoms with E-state index in [0.717, 1.165) is 11.1 Å². The second-order valence-corrected chi connectivity index (χ2v) is 8.91. The number of guanidine groups is 1. The number of nitrogens with zero attached hydrogens (tertiary/aromatic N) is 3. The highest BCUT2D eigenvalue weighted by molar-refractivity contribution is 6.31. The lowest BCUT2D eigenvalue weighted by molar-refractivity contribution is -0.113. The Morgan fingerprint density at radius 1 is 1.11 bits per heavy atom. The van der Waals surface area contributed by atoms with Crippen LogP contribution in [0.5, 0.6) is 0 Å². The number of nitrogens with one attached hydrogen (secondary N) is 3. The number of carbonyl (C=O) groups is 2. The number of rotatable bonds is 5. The highest BCUT2D eigenvalue weighted by atomic mass is 35.5. The molecule has 0 aliphatic carbocycles. The fourth-order valence-corrected chi connectivity index (χ4v) is 4.36. The van der Waals surface area contributed by atoms with E-state index in [1.165, 1.54) is 25.4 Å². The molecular formula is C27H23ClN6O4. The van der Waals surface area contributed by atoms with E-state index in [1.807, 2.05) is 31.2 Å². The van der Waals surface area contributed by atoms with Gasteiger partial charge in [-0.2, -0.15) is 4.98 Å². The van der Waals surface area contributed by atoms with Crippen molar-refractivity contribution in [2.45, 2.75) is 19.9 Å². The molecule has 1 atom stereocenters. The highest BCUT2D eigenvalue weighted by Crippen LogP contribution is 2.35. The zero-order valence-corrected chi connectivity index (χ0v) is 21.5. The first kappa shape index (κ1) is 25.0. The first-order valence-electron chi connectivity index (χ1n) is 11.6. The Balaban J connectivity index is 1.48. The number of halogens is 1. The molecule has 0 spiro atoms. The monoisotopic (exact) mass is 530 g/mol. The summed E-state index contributed by atoms with van der Waals surface area (Å²) in [6.45, 7) is 3.70. The summed E-state index contributed by atoms with van der Waals surface area (Å²) >= 11 is 6.53. The van der Waals surface area contributed by atoms with Crippen molar-refractivity contribution in [1.29, 1.82) is 0 Å². The summed E-state index contributed by atoms with van der Waals surface area (Å²) in [7, 11) is 1.28. The third-order valence-electron chi connectivity index (χ3n) is 5.95. The van der Waals surface area contributed by atoms with Gasteiger partial charge in [-0.05, 0) is 43.7 Å². The number of hydrogen-bond donors (Lipinski definition) is 3. The van der Waals surface area contributed by atoms with E-state index in [1.54, 1.807) is 25.1 Å². The van der Waals surface area contributed by atoms with Crippen molar-refractivity contribution in [2.24, 2.45) is 4.99 Å². The number of esters is 1. The number of pyridine rings is 1. The van der Waals surface area contributed by atoms with Gasteiger partial charge in [-0.1, -0.05) is 41.9 Å². The molecule has 3 N–H and O–H groups in total. The fraction of sp³-hybridized carbons (Fsp3) is 0.148.